The minimum absolute atomic E-state index is 0.0408. The molecule has 0 aliphatic carbocycles. The van der Waals surface area contributed by atoms with Gasteiger partial charge < -0.3 is 4.74 Å². The van der Waals surface area contributed by atoms with Gasteiger partial charge in [0.15, 0.2) is 0 Å². The lowest BCUT2D eigenvalue weighted by Crippen LogP contribution is -1.99. The van der Waals surface area contributed by atoms with Crippen molar-refractivity contribution in [1.82, 2.24) is 0 Å². The van der Waals surface area contributed by atoms with E-state index in [-0.39, 0.29) is 17.9 Å². The van der Waals surface area contributed by atoms with Gasteiger partial charge in [0.05, 0.1) is 0 Å². The van der Waals surface area contributed by atoms with Crippen LogP contribution in [0.15, 0.2) is 40.9 Å². The van der Waals surface area contributed by atoms with E-state index in [4.69, 9.17) is 4.74 Å². The van der Waals surface area contributed by atoms with Crippen molar-refractivity contribution in [3.05, 3.63) is 63.6 Å². The highest BCUT2D eigenvalue weighted by molar-refractivity contribution is 9.10. The molecule has 0 heterocycles. The maximum Gasteiger partial charge on any atom is 0.150 e. The SMILES string of the molecule is O=Cc1cc(F)cc(OCc2ccc(Br)cc2F)c1. The molecule has 0 N–H and O–H groups in total. The molecule has 0 aromatic heterocycles. The predicted octanol–water partition coefficient (Wildman–Crippen LogP) is 4.12. The lowest BCUT2D eigenvalue weighted by molar-refractivity contribution is 0.112. The van der Waals surface area contributed by atoms with Crippen LogP contribution < -0.4 is 4.74 Å². The lowest BCUT2D eigenvalue weighted by atomic mass is 10.2. The van der Waals surface area contributed by atoms with Gasteiger partial charge in [0, 0.05) is 21.7 Å². The summed E-state index contributed by atoms with van der Waals surface area (Å²) in [5, 5.41) is 0. The second-order valence-corrected chi connectivity index (χ2v) is 4.78. The molecule has 5 heteroatoms. The molecule has 19 heavy (non-hydrogen) atoms. The Kier molecular flexibility index (Phi) is 4.27. The Morgan fingerprint density at radius 2 is 1.95 bits per heavy atom. The molecular formula is C14H9BrF2O2. The van der Waals surface area contributed by atoms with Gasteiger partial charge in [-0.3, -0.25) is 4.79 Å². The summed E-state index contributed by atoms with van der Waals surface area (Å²) >= 11 is 3.15. The zero-order chi connectivity index (χ0) is 13.8. The van der Waals surface area contributed by atoms with Gasteiger partial charge in [-0.15, -0.1) is 0 Å². The third kappa shape index (κ3) is 3.61. The molecule has 0 unspecified atom stereocenters. The van der Waals surface area contributed by atoms with Crippen molar-refractivity contribution in [2.45, 2.75) is 6.61 Å². The van der Waals surface area contributed by atoms with Crippen LogP contribution in [0.5, 0.6) is 5.75 Å². The van der Waals surface area contributed by atoms with E-state index in [1.54, 1.807) is 12.1 Å². The highest BCUT2D eigenvalue weighted by Crippen LogP contribution is 2.19. The minimum Gasteiger partial charge on any atom is -0.489 e. The Hall–Kier alpha value is -1.75. The van der Waals surface area contributed by atoms with Gasteiger partial charge in [-0.1, -0.05) is 22.0 Å². The molecule has 0 spiro atoms. The van der Waals surface area contributed by atoms with E-state index in [9.17, 15) is 13.6 Å². The van der Waals surface area contributed by atoms with Crippen molar-refractivity contribution in [2.24, 2.45) is 0 Å². The minimum atomic E-state index is -0.573. The lowest BCUT2D eigenvalue weighted by Gasteiger charge is -2.08. The van der Waals surface area contributed by atoms with Crippen molar-refractivity contribution in [1.29, 1.82) is 0 Å². The Morgan fingerprint density at radius 3 is 2.63 bits per heavy atom. The first kappa shape index (κ1) is 13.7. The first-order valence-electron chi connectivity index (χ1n) is 5.41. The number of ether oxygens (including phenoxy) is 1. The molecule has 0 saturated carbocycles. The third-order valence-electron chi connectivity index (χ3n) is 2.44. The highest BCUT2D eigenvalue weighted by Gasteiger charge is 2.05. The van der Waals surface area contributed by atoms with Crippen molar-refractivity contribution in [3.63, 3.8) is 0 Å². The van der Waals surface area contributed by atoms with E-state index in [2.05, 4.69) is 15.9 Å². The second kappa shape index (κ2) is 5.93. The molecule has 0 atom stereocenters. The fourth-order valence-corrected chi connectivity index (χ4v) is 1.87. The number of hydrogen-bond acceptors (Lipinski definition) is 2. The van der Waals surface area contributed by atoms with Gasteiger partial charge in [-0.2, -0.15) is 0 Å². The molecule has 0 amide bonds. The Balaban J connectivity index is 2.14. The van der Waals surface area contributed by atoms with Gasteiger partial charge in [-0.25, -0.2) is 8.78 Å². The first-order chi connectivity index (χ1) is 9.08. The maximum absolute atomic E-state index is 13.5. The number of halogens is 3. The fraction of sp³-hybridized carbons (Fsp3) is 0.0714. The summed E-state index contributed by atoms with van der Waals surface area (Å²) in [5.41, 5.74) is 0.520. The van der Waals surface area contributed by atoms with Gasteiger partial charge in [-0.05, 0) is 24.3 Å². The number of benzene rings is 2. The molecular weight excluding hydrogens is 318 g/mol. The third-order valence-corrected chi connectivity index (χ3v) is 2.93. The van der Waals surface area contributed by atoms with Crippen molar-refractivity contribution >= 4 is 22.2 Å². The van der Waals surface area contributed by atoms with Crippen LogP contribution in [-0.2, 0) is 6.61 Å². The van der Waals surface area contributed by atoms with Crippen molar-refractivity contribution in [2.75, 3.05) is 0 Å². The summed E-state index contributed by atoms with van der Waals surface area (Å²) in [6.45, 7) is -0.0408. The highest BCUT2D eigenvalue weighted by atomic mass is 79.9. The van der Waals surface area contributed by atoms with Crippen molar-refractivity contribution < 1.29 is 18.3 Å². The molecule has 0 fully saturated rings. The molecule has 2 rings (SSSR count). The predicted molar refractivity (Wildman–Crippen MR) is 70.2 cm³/mol. The summed E-state index contributed by atoms with van der Waals surface area (Å²) < 4.78 is 32.6. The number of hydrogen-bond donors (Lipinski definition) is 0. The second-order valence-electron chi connectivity index (χ2n) is 3.86. The molecule has 2 aromatic carbocycles. The normalized spacial score (nSPS) is 10.3. The summed E-state index contributed by atoms with van der Waals surface area (Å²) in [6.07, 6.45) is 0.524. The van der Waals surface area contributed by atoms with Crippen LogP contribution in [0.2, 0.25) is 0 Å². The van der Waals surface area contributed by atoms with Crippen LogP contribution >= 0.6 is 15.9 Å². The van der Waals surface area contributed by atoms with Crippen LogP contribution in [0.25, 0.3) is 0 Å². The fourth-order valence-electron chi connectivity index (χ4n) is 1.54. The van der Waals surface area contributed by atoms with E-state index in [1.807, 2.05) is 0 Å². The van der Waals surface area contributed by atoms with Crippen molar-refractivity contribution in [3.8, 4) is 5.75 Å². The van der Waals surface area contributed by atoms with Gasteiger partial charge >= 0.3 is 0 Å². The largest absolute Gasteiger partial charge is 0.489 e. The number of carbonyl (C=O) groups is 1. The van der Waals surface area contributed by atoms with E-state index < -0.39 is 11.6 Å². The first-order valence-corrected chi connectivity index (χ1v) is 6.20. The summed E-state index contributed by atoms with van der Waals surface area (Å²) in [5.74, 6) is -0.804. The van der Waals surface area contributed by atoms with E-state index >= 15 is 0 Å². The maximum atomic E-state index is 13.5. The summed E-state index contributed by atoms with van der Waals surface area (Å²) in [4.78, 5) is 10.6. The molecule has 2 nitrogen and oxygen atoms in total. The Labute approximate surface area is 117 Å². The quantitative estimate of drug-likeness (QED) is 0.790. The Bertz CT molecular complexity index is 614. The van der Waals surface area contributed by atoms with E-state index in [1.165, 1.54) is 12.1 Å². The zero-order valence-corrected chi connectivity index (χ0v) is 11.3. The molecule has 0 bridgehead atoms. The van der Waals surface area contributed by atoms with Crippen LogP contribution in [0.1, 0.15) is 15.9 Å². The molecule has 0 aliphatic heterocycles. The van der Waals surface area contributed by atoms with Crippen LogP contribution in [0, 0.1) is 11.6 Å². The number of carbonyl (C=O) groups excluding carboxylic acids is 1. The molecule has 0 radical (unpaired) electrons. The Morgan fingerprint density at radius 1 is 1.16 bits per heavy atom. The summed E-state index contributed by atoms with van der Waals surface area (Å²) in [6, 6.07) is 8.21. The van der Waals surface area contributed by atoms with Gasteiger partial charge in [0.25, 0.3) is 0 Å². The van der Waals surface area contributed by atoms with E-state index in [0.29, 0.717) is 16.3 Å². The van der Waals surface area contributed by atoms with Crippen LogP contribution in [0.4, 0.5) is 8.78 Å². The molecule has 2 aromatic rings. The topological polar surface area (TPSA) is 26.3 Å². The van der Waals surface area contributed by atoms with Gasteiger partial charge in [0.1, 0.15) is 30.3 Å². The number of aldehydes is 1. The molecule has 0 saturated heterocycles. The smallest absolute Gasteiger partial charge is 0.150 e. The number of rotatable bonds is 4. The zero-order valence-electron chi connectivity index (χ0n) is 9.70. The van der Waals surface area contributed by atoms with Crippen LogP contribution in [-0.4, -0.2) is 6.29 Å². The van der Waals surface area contributed by atoms with Gasteiger partial charge in [0.2, 0.25) is 0 Å². The van der Waals surface area contributed by atoms with E-state index in [0.717, 1.165) is 12.1 Å². The standard InChI is InChI=1S/C14H9BrF2O2/c15-11-2-1-10(14(17)5-11)8-19-13-4-9(7-18)3-12(16)6-13/h1-7H,8H2. The average molecular weight is 327 g/mol. The molecule has 0 aliphatic rings. The average Bonchev–Trinajstić information content (AvgIpc) is 2.37. The molecule has 98 valence electrons. The monoisotopic (exact) mass is 326 g/mol. The summed E-state index contributed by atoms with van der Waals surface area (Å²) in [7, 11) is 0. The van der Waals surface area contributed by atoms with Crippen LogP contribution in [0.3, 0.4) is 0 Å².